The van der Waals surface area contributed by atoms with Gasteiger partial charge in [-0.05, 0) is 55.0 Å². The molecule has 1 saturated heterocycles. The highest BCUT2D eigenvalue weighted by molar-refractivity contribution is 6.30. The summed E-state index contributed by atoms with van der Waals surface area (Å²) < 4.78 is 5.62. The molecule has 1 aliphatic heterocycles. The molecule has 1 atom stereocenters. The SMILES string of the molecule is CCCCOc1ccc(NC(=O)[C@H]2CC(=O)N(c3ccc(Cl)cc3)C2)cc1. The average Bonchev–Trinajstić information content (AvgIpc) is 3.06. The molecule has 0 unspecified atom stereocenters. The van der Waals surface area contributed by atoms with Gasteiger partial charge in [-0.2, -0.15) is 0 Å². The highest BCUT2D eigenvalue weighted by Gasteiger charge is 2.35. The van der Waals surface area contributed by atoms with Crippen LogP contribution in [-0.4, -0.2) is 25.0 Å². The first-order valence-corrected chi connectivity index (χ1v) is 9.54. The fourth-order valence-electron chi connectivity index (χ4n) is 2.97. The van der Waals surface area contributed by atoms with Gasteiger partial charge in [0.15, 0.2) is 0 Å². The quantitative estimate of drug-likeness (QED) is 0.712. The number of nitrogens with one attached hydrogen (secondary N) is 1. The number of carbonyl (C=O) groups is 2. The van der Waals surface area contributed by atoms with Gasteiger partial charge in [-0.3, -0.25) is 9.59 Å². The van der Waals surface area contributed by atoms with Crippen molar-refractivity contribution in [2.24, 2.45) is 5.92 Å². The van der Waals surface area contributed by atoms with Crippen molar-refractivity contribution in [3.63, 3.8) is 0 Å². The highest BCUT2D eigenvalue weighted by Crippen LogP contribution is 2.27. The van der Waals surface area contributed by atoms with Crippen LogP contribution in [0.15, 0.2) is 48.5 Å². The van der Waals surface area contributed by atoms with E-state index in [2.05, 4.69) is 12.2 Å². The maximum Gasteiger partial charge on any atom is 0.229 e. The maximum atomic E-state index is 12.5. The Hall–Kier alpha value is -2.53. The summed E-state index contributed by atoms with van der Waals surface area (Å²) in [5.74, 6) is 0.191. The van der Waals surface area contributed by atoms with E-state index in [1.807, 2.05) is 24.3 Å². The molecule has 0 radical (unpaired) electrons. The minimum absolute atomic E-state index is 0.0582. The summed E-state index contributed by atoms with van der Waals surface area (Å²) in [5, 5.41) is 3.50. The Morgan fingerprint density at radius 3 is 2.56 bits per heavy atom. The molecule has 0 aromatic heterocycles. The van der Waals surface area contributed by atoms with E-state index in [1.165, 1.54) is 0 Å². The lowest BCUT2D eigenvalue weighted by Crippen LogP contribution is -2.28. The smallest absolute Gasteiger partial charge is 0.229 e. The van der Waals surface area contributed by atoms with Crippen molar-refractivity contribution in [3.8, 4) is 5.75 Å². The molecule has 0 saturated carbocycles. The minimum atomic E-state index is -0.381. The van der Waals surface area contributed by atoms with Gasteiger partial charge in [0.05, 0.1) is 12.5 Å². The predicted octanol–water partition coefficient (Wildman–Crippen LogP) is 4.51. The fraction of sp³-hybridized carbons (Fsp3) is 0.333. The highest BCUT2D eigenvalue weighted by atomic mass is 35.5. The molecule has 1 heterocycles. The number of hydrogen-bond acceptors (Lipinski definition) is 3. The first kappa shape index (κ1) is 19.2. The van der Waals surface area contributed by atoms with Crippen LogP contribution in [0.5, 0.6) is 5.75 Å². The van der Waals surface area contributed by atoms with E-state index in [0.717, 1.165) is 24.3 Å². The molecule has 0 spiro atoms. The normalized spacial score (nSPS) is 16.4. The first-order valence-electron chi connectivity index (χ1n) is 9.16. The van der Waals surface area contributed by atoms with Gasteiger partial charge in [-0.1, -0.05) is 24.9 Å². The van der Waals surface area contributed by atoms with Crippen molar-refractivity contribution < 1.29 is 14.3 Å². The van der Waals surface area contributed by atoms with Crippen LogP contribution in [0, 0.1) is 5.92 Å². The van der Waals surface area contributed by atoms with Gasteiger partial charge in [0.1, 0.15) is 5.75 Å². The third-order valence-electron chi connectivity index (χ3n) is 4.52. The summed E-state index contributed by atoms with van der Waals surface area (Å²) in [6, 6.07) is 14.4. The van der Waals surface area contributed by atoms with Crippen molar-refractivity contribution in [2.75, 3.05) is 23.4 Å². The summed E-state index contributed by atoms with van der Waals surface area (Å²) in [6.45, 7) is 3.17. The zero-order valence-corrected chi connectivity index (χ0v) is 16.0. The molecule has 142 valence electrons. The second-order valence-corrected chi connectivity index (χ2v) is 7.03. The summed E-state index contributed by atoms with van der Waals surface area (Å²) >= 11 is 5.89. The molecule has 0 aliphatic carbocycles. The number of hydrogen-bond donors (Lipinski definition) is 1. The van der Waals surface area contributed by atoms with Gasteiger partial charge in [-0.15, -0.1) is 0 Å². The van der Waals surface area contributed by atoms with Crippen molar-refractivity contribution in [3.05, 3.63) is 53.6 Å². The Morgan fingerprint density at radius 1 is 1.19 bits per heavy atom. The monoisotopic (exact) mass is 386 g/mol. The maximum absolute atomic E-state index is 12.5. The zero-order chi connectivity index (χ0) is 19.2. The van der Waals surface area contributed by atoms with E-state index in [-0.39, 0.29) is 24.2 Å². The van der Waals surface area contributed by atoms with Gasteiger partial charge < -0.3 is 15.0 Å². The molecule has 27 heavy (non-hydrogen) atoms. The van der Waals surface area contributed by atoms with E-state index >= 15 is 0 Å². The van der Waals surface area contributed by atoms with E-state index in [0.29, 0.717) is 23.9 Å². The van der Waals surface area contributed by atoms with E-state index in [4.69, 9.17) is 16.3 Å². The standard InChI is InChI=1S/C21H23ClN2O3/c1-2-3-12-27-19-10-6-17(7-11-19)23-21(26)15-13-20(25)24(14-15)18-8-4-16(22)5-9-18/h4-11,15H,2-3,12-14H2,1H3,(H,23,26)/t15-/m0/s1. The molecule has 6 heteroatoms. The number of ether oxygens (including phenoxy) is 1. The van der Waals surface area contributed by atoms with Gasteiger partial charge in [0, 0.05) is 29.4 Å². The van der Waals surface area contributed by atoms with Crippen LogP contribution in [0.1, 0.15) is 26.2 Å². The van der Waals surface area contributed by atoms with Gasteiger partial charge in [0.2, 0.25) is 11.8 Å². The van der Waals surface area contributed by atoms with Crippen LogP contribution in [0.4, 0.5) is 11.4 Å². The molecular weight excluding hydrogens is 364 g/mol. The molecular formula is C21H23ClN2O3. The topological polar surface area (TPSA) is 58.6 Å². The largest absolute Gasteiger partial charge is 0.494 e. The molecule has 3 rings (SSSR count). The van der Waals surface area contributed by atoms with E-state index < -0.39 is 0 Å². The van der Waals surface area contributed by atoms with Crippen LogP contribution in [-0.2, 0) is 9.59 Å². The van der Waals surface area contributed by atoms with Gasteiger partial charge in [0.25, 0.3) is 0 Å². The second kappa shape index (κ2) is 8.91. The number of anilines is 2. The number of halogens is 1. The fourth-order valence-corrected chi connectivity index (χ4v) is 3.09. The van der Waals surface area contributed by atoms with E-state index in [9.17, 15) is 9.59 Å². The zero-order valence-electron chi connectivity index (χ0n) is 15.3. The molecule has 1 fully saturated rings. The molecule has 1 N–H and O–H groups in total. The molecule has 2 amide bonds. The van der Waals surface area contributed by atoms with Crippen molar-refractivity contribution in [1.82, 2.24) is 0 Å². The lowest BCUT2D eigenvalue weighted by atomic mass is 10.1. The number of amides is 2. The summed E-state index contributed by atoms with van der Waals surface area (Å²) in [7, 11) is 0. The summed E-state index contributed by atoms with van der Waals surface area (Å²) in [5.41, 5.74) is 1.45. The Bertz CT molecular complexity index is 790. The van der Waals surface area contributed by atoms with Crippen molar-refractivity contribution in [1.29, 1.82) is 0 Å². The lowest BCUT2D eigenvalue weighted by molar-refractivity contribution is -0.122. The Kier molecular flexibility index (Phi) is 6.35. The molecule has 0 bridgehead atoms. The molecule has 2 aromatic rings. The first-order chi connectivity index (χ1) is 13.1. The number of rotatable bonds is 7. The Balaban J connectivity index is 1.57. The van der Waals surface area contributed by atoms with Crippen LogP contribution >= 0.6 is 11.6 Å². The number of benzene rings is 2. The molecule has 2 aromatic carbocycles. The van der Waals surface area contributed by atoms with Gasteiger partial charge >= 0.3 is 0 Å². The van der Waals surface area contributed by atoms with E-state index in [1.54, 1.807) is 29.2 Å². The summed E-state index contributed by atoms with van der Waals surface area (Å²) in [6.07, 6.45) is 2.30. The lowest BCUT2D eigenvalue weighted by Gasteiger charge is -2.17. The Labute approximate surface area is 164 Å². The Morgan fingerprint density at radius 2 is 1.89 bits per heavy atom. The number of carbonyl (C=O) groups excluding carboxylic acids is 2. The van der Waals surface area contributed by atoms with Crippen molar-refractivity contribution in [2.45, 2.75) is 26.2 Å². The summed E-state index contributed by atoms with van der Waals surface area (Å²) in [4.78, 5) is 26.5. The minimum Gasteiger partial charge on any atom is -0.494 e. The van der Waals surface area contributed by atoms with Crippen LogP contribution in [0.2, 0.25) is 5.02 Å². The molecule has 5 nitrogen and oxygen atoms in total. The van der Waals surface area contributed by atoms with Gasteiger partial charge in [-0.25, -0.2) is 0 Å². The average molecular weight is 387 g/mol. The second-order valence-electron chi connectivity index (χ2n) is 6.60. The number of unbranched alkanes of at least 4 members (excludes halogenated alkanes) is 1. The predicted molar refractivity (Wildman–Crippen MR) is 107 cm³/mol. The van der Waals surface area contributed by atoms with Crippen LogP contribution < -0.4 is 15.0 Å². The van der Waals surface area contributed by atoms with Crippen LogP contribution in [0.3, 0.4) is 0 Å². The van der Waals surface area contributed by atoms with Crippen LogP contribution in [0.25, 0.3) is 0 Å². The number of nitrogens with zero attached hydrogens (tertiary/aromatic N) is 1. The van der Waals surface area contributed by atoms with Crippen molar-refractivity contribution >= 4 is 34.8 Å². The third kappa shape index (κ3) is 5.01. The third-order valence-corrected chi connectivity index (χ3v) is 4.77. The molecule has 1 aliphatic rings.